The van der Waals surface area contributed by atoms with Crippen LogP contribution in [0.15, 0.2) is 59.7 Å². The molecule has 0 spiro atoms. The summed E-state index contributed by atoms with van der Waals surface area (Å²) in [4.78, 5) is 20.9. The number of aromatic amines is 1. The first-order chi connectivity index (χ1) is 19.3. The quantitative estimate of drug-likeness (QED) is 0.264. The highest BCUT2D eigenvalue weighted by molar-refractivity contribution is 8.24. The Bertz CT molecular complexity index is 1390. The van der Waals surface area contributed by atoms with Crippen LogP contribution in [0, 0.1) is 11.8 Å². The molecule has 3 aromatic rings. The van der Waals surface area contributed by atoms with E-state index in [1.807, 2.05) is 24.3 Å². The molecule has 212 valence electrons. The molecule has 9 nitrogen and oxygen atoms in total. The fraction of sp³-hybridized carbons (Fsp3) is 0.400. The maximum Gasteiger partial charge on any atom is 0.293 e. The minimum Gasteiger partial charge on any atom is -0.502 e. The normalized spacial score (nSPS) is 20.4. The highest BCUT2D eigenvalue weighted by atomic mass is 32.3. The highest BCUT2D eigenvalue weighted by Gasteiger charge is 2.29. The molecule has 2 aliphatic rings. The summed E-state index contributed by atoms with van der Waals surface area (Å²) in [6, 6.07) is 16.3. The first kappa shape index (κ1) is 28.4. The summed E-state index contributed by atoms with van der Waals surface area (Å²) in [5, 5.41) is 13.7. The third kappa shape index (κ3) is 7.73. The Morgan fingerprint density at radius 2 is 1.75 bits per heavy atom. The van der Waals surface area contributed by atoms with Crippen LogP contribution in [0.25, 0.3) is 0 Å². The molecule has 2 aromatic carbocycles. The van der Waals surface area contributed by atoms with Crippen LogP contribution >= 0.6 is 10.6 Å². The minimum absolute atomic E-state index is 0.0126. The molecular weight excluding hydrogens is 528 g/mol. The van der Waals surface area contributed by atoms with Crippen LogP contribution in [-0.2, 0) is 17.7 Å². The Morgan fingerprint density at radius 1 is 1.07 bits per heavy atom. The summed E-state index contributed by atoms with van der Waals surface area (Å²) in [5.41, 5.74) is 3.87. The Kier molecular flexibility index (Phi) is 9.22. The number of hydrogen-bond donors (Lipinski definition) is 5. The molecule has 2 aliphatic heterocycles. The van der Waals surface area contributed by atoms with Crippen molar-refractivity contribution in [2.24, 2.45) is 0 Å². The van der Waals surface area contributed by atoms with E-state index in [4.69, 9.17) is 4.74 Å². The Hall–Kier alpha value is -3.17. The highest BCUT2D eigenvalue weighted by Crippen LogP contribution is 2.45. The average molecular weight is 565 g/mol. The summed E-state index contributed by atoms with van der Waals surface area (Å²) in [6.45, 7) is 4.96. The van der Waals surface area contributed by atoms with Crippen LogP contribution in [0.5, 0.6) is 5.75 Å². The lowest BCUT2D eigenvalue weighted by Crippen LogP contribution is -2.35. The van der Waals surface area contributed by atoms with Gasteiger partial charge in [0, 0.05) is 61.4 Å². The van der Waals surface area contributed by atoms with E-state index in [1.54, 1.807) is 0 Å². The van der Waals surface area contributed by atoms with Crippen molar-refractivity contribution in [3.05, 3.63) is 93.2 Å². The van der Waals surface area contributed by atoms with Gasteiger partial charge in [0.05, 0.1) is 31.0 Å². The van der Waals surface area contributed by atoms with Crippen molar-refractivity contribution >= 4 is 10.6 Å². The molecule has 2 fully saturated rings. The van der Waals surface area contributed by atoms with Crippen LogP contribution in [-0.4, -0.2) is 79.5 Å². The van der Waals surface area contributed by atoms with E-state index in [0.717, 1.165) is 49.5 Å². The Labute approximate surface area is 236 Å². The second-order valence-corrected chi connectivity index (χ2v) is 12.8. The first-order valence-electron chi connectivity index (χ1n) is 13.6. The van der Waals surface area contributed by atoms with Gasteiger partial charge in [0.1, 0.15) is 0 Å². The lowest BCUT2D eigenvalue weighted by atomic mass is 9.92. The van der Waals surface area contributed by atoms with Gasteiger partial charge in [-0.1, -0.05) is 36.1 Å². The van der Waals surface area contributed by atoms with Gasteiger partial charge < -0.3 is 20.1 Å². The molecule has 0 radical (unpaired) electrons. The number of H-pyrrole nitrogens is 1. The predicted molar refractivity (Wildman–Crippen MR) is 157 cm³/mol. The van der Waals surface area contributed by atoms with Crippen molar-refractivity contribution in [2.45, 2.75) is 31.3 Å². The number of benzene rings is 2. The van der Waals surface area contributed by atoms with Gasteiger partial charge in [-0.2, -0.15) is 10.6 Å². The van der Waals surface area contributed by atoms with Gasteiger partial charge in [0.15, 0.2) is 0 Å². The number of hydrogen-bond acceptors (Lipinski definition) is 8. The van der Waals surface area contributed by atoms with Crippen molar-refractivity contribution in [1.29, 1.82) is 0 Å². The van der Waals surface area contributed by atoms with E-state index in [2.05, 4.69) is 56.3 Å². The number of nitrogens with one attached hydrogen (secondary N) is 2. The SMILES string of the molecule is O=c1[nH]cnc(CC(CNC2CCS(O)(O)C2)c2ccc(C#Cc3ccc(CN4CCOCC4)cc3)cc2)c1O. The van der Waals surface area contributed by atoms with Gasteiger partial charge >= 0.3 is 0 Å². The molecule has 10 heteroatoms. The Morgan fingerprint density at radius 3 is 2.40 bits per heavy atom. The van der Waals surface area contributed by atoms with E-state index in [0.29, 0.717) is 36.6 Å². The van der Waals surface area contributed by atoms with Gasteiger partial charge in [0.2, 0.25) is 5.75 Å². The molecular formula is C30H36N4O5S. The van der Waals surface area contributed by atoms with Gasteiger partial charge in [-0.25, -0.2) is 4.98 Å². The van der Waals surface area contributed by atoms with E-state index in [-0.39, 0.29) is 17.7 Å². The number of aromatic hydroxyl groups is 1. The van der Waals surface area contributed by atoms with E-state index >= 15 is 0 Å². The molecule has 5 rings (SSSR count). The minimum atomic E-state index is -2.51. The number of nitrogens with zero attached hydrogens (tertiary/aromatic N) is 2. The third-order valence-electron chi connectivity index (χ3n) is 7.46. The van der Waals surface area contributed by atoms with Crippen LogP contribution in [0.2, 0.25) is 0 Å². The second-order valence-electron chi connectivity index (χ2n) is 10.5. The largest absolute Gasteiger partial charge is 0.502 e. The lowest BCUT2D eigenvalue weighted by Gasteiger charge is -2.26. The molecule has 0 saturated carbocycles. The van der Waals surface area contributed by atoms with Crippen molar-refractivity contribution in [3.8, 4) is 17.6 Å². The monoisotopic (exact) mass is 564 g/mol. The van der Waals surface area contributed by atoms with Gasteiger partial charge in [-0.05, 0) is 41.8 Å². The summed E-state index contributed by atoms with van der Waals surface area (Å²) in [7, 11) is -2.51. The number of rotatable bonds is 8. The van der Waals surface area contributed by atoms with Crippen LogP contribution < -0.4 is 10.9 Å². The summed E-state index contributed by atoms with van der Waals surface area (Å²) >= 11 is 0. The molecule has 2 atom stereocenters. The zero-order valence-electron chi connectivity index (χ0n) is 22.4. The smallest absolute Gasteiger partial charge is 0.293 e. The molecule has 0 aliphatic carbocycles. The number of ether oxygens (including phenoxy) is 1. The molecule has 0 amide bonds. The molecule has 5 N–H and O–H groups in total. The van der Waals surface area contributed by atoms with Crippen molar-refractivity contribution in [1.82, 2.24) is 20.2 Å². The van der Waals surface area contributed by atoms with Crippen LogP contribution in [0.1, 0.15) is 40.3 Å². The van der Waals surface area contributed by atoms with Crippen molar-refractivity contribution in [2.75, 3.05) is 44.4 Å². The van der Waals surface area contributed by atoms with Gasteiger partial charge in [0.25, 0.3) is 5.56 Å². The Balaban J connectivity index is 1.25. The molecule has 2 unspecified atom stereocenters. The second kappa shape index (κ2) is 13.0. The molecule has 40 heavy (non-hydrogen) atoms. The van der Waals surface area contributed by atoms with Gasteiger partial charge in [-0.15, -0.1) is 0 Å². The fourth-order valence-electron chi connectivity index (χ4n) is 5.10. The standard InChI is InChI=1S/C30H36N4O5S/c35-29-28(32-21-33-30(29)36)17-26(18-31-27-11-16-40(37,38)20-27)25-9-7-23(8-10-25)2-1-22-3-5-24(6-4-22)19-34-12-14-39-15-13-34/h3-10,21,26-27,31,35,37-38H,11-20H2,(H,32,33,36). The zero-order valence-corrected chi connectivity index (χ0v) is 23.2. The summed E-state index contributed by atoms with van der Waals surface area (Å²) < 4.78 is 25.4. The maximum absolute atomic E-state index is 11.9. The molecule has 2 saturated heterocycles. The third-order valence-corrected chi connectivity index (χ3v) is 9.28. The van der Waals surface area contributed by atoms with Crippen molar-refractivity contribution < 1.29 is 18.9 Å². The molecule has 0 bridgehead atoms. The predicted octanol–water partition coefficient (Wildman–Crippen LogP) is 3.15. The molecule has 3 heterocycles. The average Bonchev–Trinajstić information content (AvgIpc) is 3.32. The summed E-state index contributed by atoms with van der Waals surface area (Å²) in [6.07, 6.45) is 2.35. The first-order valence-corrected chi connectivity index (χ1v) is 15.5. The lowest BCUT2D eigenvalue weighted by molar-refractivity contribution is 0.0342. The van der Waals surface area contributed by atoms with Crippen molar-refractivity contribution in [3.63, 3.8) is 0 Å². The number of morpholine rings is 1. The molecule has 1 aromatic heterocycles. The fourth-order valence-corrected chi connectivity index (χ4v) is 6.86. The van der Waals surface area contributed by atoms with E-state index < -0.39 is 16.1 Å². The van der Waals surface area contributed by atoms with Crippen LogP contribution in [0.3, 0.4) is 0 Å². The summed E-state index contributed by atoms with van der Waals surface area (Å²) in [5.74, 6) is 6.77. The van der Waals surface area contributed by atoms with Crippen LogP contribution in [0.4, 0.5) is 0 Å². The van der Waals surface area contributed by atoms with Gasteiger partial charge in [-0.3, -0.25) is 18.8 Å². The maximum atomic E-state index is 11.9. The number of aromatic nitrogens is 2. The zero-order chi connectivity index (χ0) is 28.0. The topological polar surface area (TPSA) is 131 Å². The van der Waals surface area contributed by atoms with E-state index in [9.17, 15) is 19.0 Å². The van der Waals surface area contributed by atoms with E-state index in [1.165, 1.54) is 11.9 Å².